The van der Waals surface area contributed by atoms with Crippen LogP contribution in [-0.2, 0) is 4.79 Å². The SMILES string of the molecule is CCCC1CC1NC(=O)C(C(N)=S)C(C)C. The molecule has 1 aliphatic rings. The molecule has 3 nitrogen and oxygen atoms in total. The van der Waals surface area contributed by atoms with Crippen LogP contribution in [-0.4, -0.2) is 16.9 Å². The predicted octanol–water partition coefficient (Wildman–Crippen LogP) is 1.85. The fourth-order valence-corrected chi connectivity index (χ4v) is 2.53. The van der Waals surface area contributed by atoms with Crippen molar-refractivity contribution < 1.29 is 4.79 Å². The van der Waals surface area contributed by atoms with Gasteiger partial charge in [-0.3, -0.25) is 4.79 Å². The van der Waals surface area contributed by atoms with Crippen molar-refractivity contribution in [3.8, 4) is 0 Å². The maximum Gasteiger partial charge on any atom is 0.230 e. The highest BCUT2D eigenvalue weighted by atomic mass is 32.1. The molecule has 0 aromatic carbocycles. The summed E-state index contributed by atoms with van der Waals surface area (Å²) in [5.41, 5.74) is 5.60. The molecule has 1 fully saturated rings. The van der Waals surface area contributed by atoms with Gasteiger partial charge in [-0.15, -0.1) is 0 Å². The van der Waals surface area contributed by atoms with Gasteiger partial charge < -0.3 is 11.1 Å². The van der Waals surface area contributed by atoms with Crippen molar-refractivity contribution in [1.82, 2.24) is 5.32 Å². The number of hydrogen-bond donors (Lipinski definition) is 2. The Morgan fingerprint density at radius 1 is 1.56 bits per heavy atom. The van der Waals surface area contributed by atoms with Gasteiger partial charge in [-0.25, -0.2) is 0 Å². The molecule has 0 aromatic heterocycles. The van der Waals surface area contributed by atoms with Crippen LogP contribution in [0.4, 0.5) is 0 Å². The van der Waals surface area contributed by atoms with E-state index in [1.807, 2.05) is 13.8 Å². The molecule has 0 heterocycles. The first-order chi connectivity index (χ1) is 7.47. The Kier molecular flexibility index (Phi) is 4.71. The largest absolute Gasteiger partial charge is 0.393 e. The van der Waals surface area contributed by atoms with Crippen LogP contribution in [0.2, 0.25) is 0 Å². The van der Waals surface area contributed by atoms with Crippen LogP contribution in [0, 0.1) is 17.8 Å². The van der Waals surface area contributed by atoms with Crippen LogP contribution in [0.15, 0.2) is 0 Å². The molecule has 1 amide bonds. The van der Waals surface area contributed by atoms with Crippen LogP contribution in [0.1, 0.15) is 40.0 Å². The monoisotopic (exact) mass is 242 g/mol. The van der Waals surface area contributed by atoms with Crippen LogP contribution in [0.5, 0.6) is 0 Å². The third-order valence-electron chi connectivity index (χ3n) is 3.17. The minimum atomic E-state index is -0.321. The third kappa shape index (κ3) is 3.44. The molecule has 3 N–H and O–H groups in total. The second-order valence-corrected chi connectivity index (χ2v) is 5.49. The average Bonchev–Trinajstić information content (AvgIpc) is 2.82. The van der Waals surface area contributed by atoms with Crippen molar-refractivity contribution in [1.29, 1.82) is 0 Å². The lowest BCUT2D eigenvalue weighted by atomic mass is 9.95. The Morgan fingerprint density at radius 2 is 2.19 bits per heavy atom. The number of nitrogens with two attached hydrogens (primary N) is 1. The summed E-state index contributed by atoms with van der Waals surface area (Å²) in [4.78, 5) is 12.3. The van der Waals surface area contributed by atoms with Gasteiger partial charge in [0.15, 0.2) is 0 Å². The van der Waals surface area contributed by atoms with Gasteiger partial charge in [-0.05, 0) is 24.7 Å². The number of rotatable bonds is 6. The molecule has 0 spiro atoms. The van der Waals surface area contributed by atoms with Crippen molar-refractivity contribution in [3.63, 3.8) is 0 Å². The minimum Gasteiger partial charge on any atom is -0.393 e. The second kappa shape index (κ2) is 5.62. The maximum atomic E-state index is 11.9. The molecule has 16 heavy (non-hydrogen) atoms. The van der Waals surface area contributed by atoms with E-state index >= 15 is 0 Å². The fourth-order valence-electron chi connectivity index (χ4n) is 2.15. The summed E-state index contributed by atoms with van der Waals surface area (Å²) in [6.07, 6.45) is 3.49. The lowest BCUT2D eigenvalue weighted by Crippen LogP contribution is -2.42. The van der Waals surface area contributed by atoms with Crippen molar-refractivity contribution in [3.05, 3.63) is 0 Å². The van der Waals surface area contributed by atoms with Crippen LogP contribution >= 0.6 is 12.2 Å². The minimum absolute atomic E-state index is 0.00565. The van der Waals surface area contributed by atoms with Crippen molar-refractivity contribution in [2.45, 2.75) is 46.1 Å². The number of amides is 1. The number of hydrogen-bond acceptors (Lipinski definition) is 2. The summed E-state index contributed by atoms with van der Waals surface area (Å²) in [6, 6.07) is 0.364. The predicted molar refractivity (Wildman–Crippen MR) is 70.1 cm³/mol. The quantitative estimate of drug-likeness (QED) is 0.699. The Labute approximate surface area is 103 Å². The molecule has 1 rings (SSSR count). The van der Waals surface area contributed by atoms with E-state index in [2.05, 4.69) is 12.2 Å². The van der Waals surface area contributed by atoms with Gasteiger partial charge in [-0.2, -0.15) is 0 Å². The Morgan fingerprint density at radius 3 is 2.62 bits per heavy atom. The molecular weight excluding hydrogens is 220 g/mol. The molecule has 92 valence electrons. The third-order valence-corrected chi connectivity index (χ3v) is 3.42. The van der Waals surface area contributed by atoms with Gasteiger partial charge in [0.2, 0.25) is 5.91 Å². The summed E-state index contributed by atoms with van der Waals surface area (Å²) in [6.45, 7) is 6.11. The number of nitrogens with one attached hydrogen (secondary N) is 1. The van der Waals surface area contributed by atoms with Gasteiger partial charge in [0.05, 0.1) is 10.9 Å². The molecule has 0 aromatic rings. The highest BCUT2D eigenvalue weighted by Crippen LogP contribution is 2.34. The first-order valence-corrected chi connectivity index (χ1v) is 6.47. The van der Waals surface area contributed by atoms with E-state index in [0.29, 0.717) is 16.9 Å². The highest BCUT2D eigenvalue weighted by molar-refractivity contribution is 7.80. The van der Waals surface area contributed by atoms with E-state index < -0.39 is 0 Å². The van der Waals surface area contributed by atoms with E-state index in [-0.39, 0.29) is 17.7 Å². The molecule has 3 atom stereocenters. The smallest absolute Gasteiger partial charge is 0.230 e. The fraction of sp³-hybridized carbons (Fsp3) is 0.833. The molecule has 0 saturated heterocycles. The van der Waals surface area contributed by atoms with Crippen molar-refractivity contribution in [2.24, 2.45) is 23.5 Å². The molecule has 1 aliphatic carbocycles. The number of carbonyl (C=O) groups excluding carboxylic acids is 1. The first kappa shape index (κ1) is 13.4. The van der Waals surface area contributed by atoms with Crippen molar-refractivity contribution in [2.75, 3.05) is 0 Å². The molecule has 0 bridgehead atoms. The van der Waals surface area contributed by atoms with E-state index in [1.54, 1.807) is 0 Å². The summed E-state index contributed by atoms with van der Waals surface area (Å²) < 4.78 is 0. The maximum absolute atomic E-state index is 11.9. The molecular formula is C12H22N2OS. The topological polar surface area (TPSA) is 55.1 Å². The van der Waals surface area contributed by atoms with Gasteiger partial charge >= 0.3 is 0 Å². The van der Waals surface area contributed by atoms with E-state index in [9.17, 15) is 4.79 Å². The normalized spacial score (nSPS) is 25.2. The van der Waals surface area contributed by atoms with Crippen LogP contribution < -0.4 is 11.1 Å². The standard InChI is InChI=1S/C12H22N2OS/c1-4-5-8-6-9(8)14-12(15)10(7(2)3)11(13)16/h7-10H,4-6H2,1-3H3,(H2,13,16)(H,14,15). The van der Waals surface area contributed by atoms with Crippen LogP contribution in [0.3, 0.4) is 0 Å². The highest BCUT2D eigenvalue weighted by Gasteiger charge is 2.39. The second-order valence-electron chi connectivity index (χ2n) is 5.02. The molecule has 1 saturated carbocycles. The number of carbonyl (C=O) groups is 1. The number of thiocarbonyl (C=S) groups is 1. The summed E-state index contributed by atoms with van der Waals surface area (Å²) >= 11 is 4.94. The zero-order valence-corrected chi connectivity index (χ0v) is 11.1. The van der Waals surface area contributed by atoms with Gasteiger partial charge in [0.1, 0.15) is 0 Å². The van der Waals surface area contributed by atoms with E-state index in [1.165, 1.54) is 12.8 Å². The zero-order chi connectivity index (χ0) is 12.3. The Hall–Kier alpha value is -0.640. The Balaban J connectivity index is 2.42. The Bertz CT molecular complexity index is 278. The summed E-state index contributed by atoms with van der Waals surface area (Å²) in [5.74, 6) is 0.526. The molecule has 3 unspecified atom stereocenters. The first-order valence-electron chi connectivity index (χ1n) is 6.07. The summed E-state index contributed by atoms with van der Waals surface area (Å²) in [7, 11) is 0. The summed E-state index contributed by atoms with van der Waals surface area (Å²) in [5, 5.41) is 3.05. The van der Waals surface area contributed by atoms with Crippen molar-refractivity contribution >= 4 is 23.1 Å². The average molecular weight is 242 g/mol. The van der Waals surface area contributed by atoms with Crippen LogP contribution in [0.25, 0.3) is 0 Å². The van der Waals surface area contributed by atoms with E-state index in [0.717, 1.165) is 6.42 Å². The van der Waals surface area contributed by atoms with Gasteiger partial charge in [0, 0.05) is 6.04 Å². The lowest BCUT2D eigenvalue weighted by molar-refractivity contribution is -0.124. The van der Waals surface area contributed by atoms with Gasteiger partial charge in [0.25, 0.3) is 0 Å². The van der Waals surface area contributed by atoms with E-state index in [4.69, 9.17) is 18.0 Å². The lowest BCUT2D eigenvalue weighted by Gasteiger charge is -2.18. The van der Waals surface area contributed by atoms with Gasteiger partial charge in [-0.1, -0.05) is 39.4 Å². The zero-order valence-electron chi connectivity index (χ0n) is 10.3. The molecule has 0 aliphatic heterocycles. The molecule has 0 radical (unpaired) electrons. The molecule has 4 heteroatoms.